The summed E-state index contributed by atoms with van der Waals surface area (Å²) in [6.07, 6.45) is 4.90. The molecule has 84 valence electrons. The van der Waals surface area contributed by atoms with Crippen LogP contribution < -0.4 is 0 Å². The quantitative estimate of drug-likeness (QED) is 0.642. The molecule has 15 heavy (non-hydrogen) atoms. The molecule has 0 spiro atoms. The molecule has 3 aliphatic carbocycles. The van der Waals surface area contributed by atoms with E-state index in [0.717, 1.165) is 12.8 Å². The number of hydrogen-bond acceptors (Lipinski definition) is 1. The van der Waals surface area contributed by atoms with Gasteiger partial charge in [0.1, 0.15) is 5.78 Å². The third kappa shape index (κ3) is 0.755. The maximum absolute atomic E-state index is 12.6. The fraction of sp³-hybridized carbons (Fsp3) is 0.929. The van der Waals surface area contributed by atoms with E-state index in [-0.39, 0.29) is 10.8 Å². The molecule has 4 unspecified atom stereocenters. The second kappa shape index (κ2) is 2.33. The SMILES string of the molecule is CC(C)C12CCC3(C)CCC1C2(C)C3=O. The molecule has 0 N–H and O–H groups in total. The van der Waals surface area contributed by atoms with Crippen molar-refractivity contribution in [2.75, 3.05) is 0 Å². The summed E-state index contributed by atoms with van der Waals surface area (Å²) in [5, 5.41) is 0. The summed E-state index contributed by atoms with van der Waals surface area (Å²) < 4.78 is 0. The minimum absolute atomic E-state index is 0.0418. The lowest BCUT2D eigenvalue weighted by Gasteiger charge is -2.41. The molecule has 0 aromatic heterocycles. The molecule has 1 heteroatoms. The molecule has 0 aromatic rings. The zero-order valence-corrected chi connectivity index (χ0v) is 10.4. The fourth-order valence-electron chi connectivity index (χ4n) is 5.39. The van der Waals surface area contributed by atoms with Crippen LogP contribution in [0.2, 0.25) is 0 Å². The predicted molar refractivity (Wildman–Crippen MR) is 60.5 cm³/mol. The molecule has 0 radical (unpaired) electrons. The van der Waals surface area contributed by atoms with Crippen LogP contribution in [-0.2, 0) is 4.79 Å². The summed E-state index contributed by atoms with van der Waals surface area (Å²) in [4.78, 5) is 12.6. The molecule has 3 aliphatic rings. The predicted octanol–water partition coefficient (Wildman–Crippen LogP) is 3.43. The first-order valence-corrected chi connectivity index (χ1v) is 6.44. The van der Waals surface area contributed by atoms with Gasteiger partial charge in [-0.25, -0.2) is 0 Å². The van der Waals surface area contributed by atoms with E-state index >= 15 is 0 Å². The number of rotatable bonds is 1. The molecule has 3 rings (SSSR count). The van der Waals surface area contributed by atoms with E-state index in [4.69, 9.17) is 0 Å². The maximum atomic E-state index is 12.6. The fourth-order valence-corrected chi connectivity index (χ4v) is 5.39. The lowest BCUT2D eigenvalue weighted by molar-refractivity contribution is -0.140. The maximum Gasteiger partial charge on any atom is 0.145 e. The first-order valence-electron chi connectivity index (χ1n) is 6.44. The Kier molecular flexibility index (Phi) is 1.53. The van der Waals surface area contributed by atoms with Gasteiger partial charge < -0.3 is 0 Å². The third-order valence-corrected chi connectivity index (χ3v) is 6.33. The van der Waals surface area contributed by atoms with Crippen molar-refractivity contribution in [1.82, 2.24) is 0 Å². The van der Waals surface area contributed by atoms with Crippen LogP contribution >= 0.6 is 0 Å². The Bertz CT molecular complexity index is 345. The average Bonchev–Trinajstić information content (AvgIpc) is 2.77. The standard InChI is InChI=1S/C14H22O/c1-9(2)14-8-7-12(3)6-5-10(14)13(14,4)11(12)15/h9-10H,5-8H2,1-4H3. The van der Waals surface area contributed by atoms with Crippen LogP contribution in [0.3, 0.4) is 0 Å². The summed E-state index contributed by atoms with van der Waals surface area (Å²) in [5.41, 5.74) is 0.493. The van der Waals surface area contributed by atoms with E-state index in [2.05, 4.69) is 27.7 Å². The van der Waals surface area contributed by atoms with E-state index in [1.807, 2.05) is 0 Å². The van der Waals surface area contributed by atoms with Gasteiger partial charge in [0, 0.05) is 10.8 Å². The Morgan fingerprint density at radius 1 is 1.20 bits per heavy atom. The number of fused-ring (bicyclic) bond motifs is 2. The molecule has 3 fully saturated rings. The lowest BCUT2D eigenvalue weighted by Crippen LogP contribution is -2.43. The van der Waals surface area contributed by atoms with Gasteiger partial charge in [-0.3, -0.25) is 4.79 Å². The molecule has 0 aliphatic heterocycles. The van der Waals surface area contributed by atoms with Crippen molar-refractivity contribution in [1.29, 1.82) is 0 Å². The van der Waals surface area contributed by atoms with Gasteiger partial charge in [0.15, 0.2) is 0 Å². The molecular formula is C14H22O. The Balaban J connectivity index is 2.10. The van der Waals surface area contributed by atoms with Crippen molar-refractivity contribution in [3.05, 3.63) is 0 Å². The minimum atomic E-state index is 0.0418. The summed E-state index contributed by atoms with van der Waals surface area (Å²) in [6, 6.07) is 0. The highest BCUT2D eigenvalue weighted by molar-refractivity contribution is 5.96. The topological polar surface area (TPSA) is 17.1 Å². The summed E-state index contributed by atoms with van der Waals surface area (Å²) in [7, 11) is 0. The van der Waals surface area contributed by atoms with Crippen LogP contribution in [0, 0.1) is 28.1 Å². The van der Waals surface area contributed by atoms with Crippen molar-refractivity contribution in [3.8, 4) is 0 Å². The van der Waals surface area contributed by atoms with Crippen molar-refractivity contribution in [2.45, 2.75) is 53.4 Å². The van der Waals surface area contributed by atoms with Crippen LogP contribution in [0.4, 0.5) is 0 Å². The number of carbonyl (C=O) groups excluding carboxylic acids is 1. The third-order valence-electron chi connectivity index (χ3n) is 6.33. The van der Waals surface area contributed by atoms with E-state index < -0.39 is 0 Å². The number of hydrogen-bond donors (Lipinski definition) is 0. The van der Waals surface area contributed by atoms with Gasteiger partial charge in [0.05, 0.1) is 0 Å². The van der Waals surface area contributed by atoms with Crippen molar-refractivity contribution < 1.29 is 4.79 Å². The van der Waals surface area contributed by atoms with Crippen LogP contribution in [0.25, 0.3) is 0 Å². The molecule has 3 saturated carbocycles. The molecular weight excluding hydrogens is 184 g/mol. The van der Waals surface area contributed by atoms with E-state index in [1.54, 1.807) is 0 Å². The second-order valence-corrected chi connectivity index (χ2v) is 6.88. The largest absolute Gasteiger partial charge is 0.298 e. The van der Waals surface area contributed by atoms with Gasteiger partial charge in [0.25, 0.3) is 0 Å². The highest BCUT2D eigenvalue weighted by Crippen LogP contribution is 2.83. The van der Waals surface area contributed by atoms with Crippen molar-refractivity contribution >= 4 is 5.78 Å². The first kappa shape index (κ1) is 9.86. The Hall–Kier alpha value is -0.330. The molecule has 0 heterocycles. The van der Waals surface area contributed by atoms with Crippen LogP contribution in [0.1, 0.15) is 53.4 Å². The summed E-state index contributed by atoms with van der Waals surface area (Å²) >= 11 is 0. The average molecular weight is 206 g/mol. The van der Waals surface area contributed by atoms with Gasteiger partial charge in [-0.15, -0.1) is 0 Å². The zero-order valence-electron chi connectivity index (χ0n) is 10.4. The van der Waals surface area contributed by atoms with Gasteiger partial charge >= 0.3 is 0 Å². The molecule has 0 amide bonds. The van der Waals surface area contributed by atoms with Gasteiger partial charge in [0.2, 0.25) is 0 Å². The Morgan fingerprint density at radius 2 is 1.87 bits per heavy atom. The molecule has 0 saturated heterocycles. The smallest absolute Gasteiger partial charge is 0.145 e. The molecule has 0 aromatic carbocycles. The zero-order chi connectivity index (χ0) is 11.1. The van der Waals surface area contributed by atoms with E-state index in [9.17, 15) is 4.79 Å². The van der Waals surface area contributed by atoms with E-state index in [1.165, 1.54) is 12.8 Å². The van der Waals surface area contributed by atoms with E-state index in [0.29, 0.717) is 23.0 Å². The van der Waals surface area contributed by atoms with Gasteiger partial charge in [-0.2, -0.15) is 0 Å². The monoisotopic (exact) mass is 206 g/mol. The number of ketones is 1. The molecule has 2 bridgehead atoms. The Labute approximate surface area is 92.6 Å². The molecule has 4 atom stereocenters. The van der Waals surface area contributed by atoms with Crippen LogP contribution in [-0.4, -0.2) is 5.78 Å². The minimum Gasteiger partial charge on any atom is -0.298 e. The Morgan fingerprint density at radius 3 is 2.47 bits per heavy atom. The van der Waals surface area contributed by atoms with Gasteiger partial charge in [-0.05, 0) is 42.9 Å². The van der Waals surface area contributed by atoms with Crippen LogP contribution in [0.15, 0.2) is 0 Å². The first-order chi connectivity index (χ1) is 6.89. The van der Waals surface area contributed by atoms with Gasteiger partial charge in [-0.1, -0.05) is 27.7 Å². The van der Waals surface area contributed by atoms with Crippen molar-refractivity contribution in [3.63, 3.8) is 0 Å². The van der Waals surface area contributed by atoms with Crippen molar-refractivity contribution in [2.24, 2.45) is 28.1 Å². The molecule has 1 nitrogen and oxygen atoms in total. The number of carbonyl (C=O) groups is 1. The summed E-state index contributed by atoms with van der Waals surface area (Å²) in [6.45, 7) is 9.11. The lowest BCUT2D eigenvalue weighted by atomic mass is 9.61. The summed E-state index contributed by atoms with van der Waals surface area (Å²) in [5.74, 6) is 2.00. The number of Topliss-reactive ketones (excluding diaryl/α,β-unsaturated/α-hetero) is 1. The second-order valence-electron chi connectivity index (χ2n) is 6.88. The highest BCUT2D eigenvalue weighted by atomic mass is 16.1. The van der Waals surface area contributed by atoms with Crippen LogP contribution in [0.5, 0.6) is 0 Å². The normalized spacial score (nSPS) is 57.1. The highest BCUT2D eigenvalue weighted by Gasteiger charge is 2.82.